The van der Waals surface area contributed by atoms with E-state index in [9.17, 15) is 10.1 Å². The van der Waals surface area contributed by atoms with Crippen LogP contribution in [0.25, 0.3) is 11.0 Å². The predicted molar refractivity (Wildman–Crippen MR) is 77.0 cm³/mol. The van der Waals surface area contributed by atoms with Gasteiger partial charge in [-0.1, -0.05) is 29.8 Å². The molecule has 0 saturated heterocycles. The molecule has 0 atom stereocenters. The van der Waals surface area contributed by atoms with Crippen molar-refractivity contribution in [3.63, 3.8) is 0 Å². The fraction of sp³-hybridized carbons (Fsp3) is 0.200. The number of rotatable bonds is 4. The van der Waals surface area contributed by atoms with Crippen LogP contribution in [0.15, 0.2) is 41.0 Å². The largest absolute Gasteiger partial charge is 0.303 e. The summed E-state index contributed by atoms with van der Waals surface area (Å²) in [4.78, 5) is 10.9. The number of nitrogens with zero attached hydrogens (tertiary/aromatic N) is 3. The number of nitro benzene ring substituents is 1. The van der Waals surface area contributed by atoms with Crippen LogP contribution in [0.2, 0.25) is 0 Å². The maximum Gasteiger partial charge on any atom is 0.303 e. The van der Waals surface area contributed by atoms with E-state index in [-0.39, 0.29) is 11.2 Å². The van der Waals surface area contributed by atoms with E-state index in [1.165, 1.54) is 5.56 Å². The maximum absolute atomic E-state index is 11.3. The number of aromatic nitrogens is 2. The minimum Gasteiger partial charge on any atom is -0.258 e. The van der Waals surface area contributed by atoms with Gasteiger partial charge in [0.2, 0.25) is 5.52 Å². The highest BCUT2D eigenvalue weighted by atomic mass is 16.6. The summed E-state index contributed by atoms with van der Waals surface area (Å²) < 4.78 is 4.58. The van der Waals surface area contributed by atoms with Gasteiger partial charge in [0.25, 0.3) is 0 Å². The second-order valence-corrected chi connectivity index (χ2v) is 4.95. The molecule has 0 radical (unpaired) electrons. The minimum atomic E-state index is -0.420. The summed E-state index contributed by atoms with van der Waals surface area (Å²) in [5.74, 6) is 0. The second-order valence-electron chi connectivity index (χ2n) is 4.95. The number of benzene rings is 2. The first-order valence-corrected chi connectivity index (χ1v) is 6.59. The van der Waals surface area contributed by atoms with E-state index >= 15 is 0 Å². The molecule has 0 bridgehead atoms. The molecular weight excluding hydrogens is 270 g/mol. The zero-order valence-corrected chi connectivity index (χ0v) is 11.4. The quantitative estimate of drug-likeness (QED) is 0.542. The van der Waals surface area contributed by atoms with Gasteiger partial charge in [-0.05, 0) is 47.8 Å². The molecule has 21 heavy (non-hydrogen) atoms. The van der Waals surface area contributed by atoms with E-state index in [1.807, 2.05) is 31.2 Å². The molecule has 1 aromatic heterocycles. The number of nitro groups is 1. The van der Waals surface area contributed by atoms with E-state index in [0.29, 0.717) is 17.5 Å². The van der Waals surface area contributed by atoms with Gasteiger partial charge in [-0.15, -0.1) is 0 Å². The first-order valence-electron chi connectivity index (χ1n) is 6.59. The molecule has 1 heterocycles. The first-order chi connectivity index (χ1) is 10.1. The average Bonchev–Trinajstić information content (AvgIpc) is 2.94. The van der Waals surface area contributed by atoms with Gasteiger partial charge in [0, 0.05) is 5.56 Å². The molecule has 0 fully saturated rings. The van der Waals surface area contributed by atoms with Crippen LogP contribution in [0.3, 0.4) is 0 Å². The Bertz CT molecular complexity index is 794. The molecule has 0 saturated carbocycles. The fourth-order valence-corrected chi connectivity index (χ4v) is 2.32. The minimum absolute atomic E-state index is 0.0131. The van der Waals surface area contributed by atoms with Crippen molar-refractivity contribution in [2.75, 3.05) is 0 Å². The van der Waals surface area contributed by atoms with Crippen molar-refractivity contribution < 1.29 is 9.55 Å². The van der Waals surface area contributed by atoms with Crippen LogP contribution in [0.5, 0.6) is 0 Å². The Kier molecular flexibility index (Phi) is 3.35. The van der Waals surface area contributed by atoms with Crippen LogP contribution in [-0.2, 0) is 12.8 Å². The predicted octanol–water partition coefficient (Wildman–Crippen LogP) is 3.22. The van der Waals surface area contributed by atoms with Crippen molar-refractivity contribution in [2.45, 2.75) is 19.8 Å². The van der Waals surface area contributed by atoms with Gasteiger partial charge in [0.1, 0.15) is 5.52 Å². The Morgan fingerprint density at radius 2 is 1.86 bits per heavy atom. The maximum atomic E-state index is 11.3. The lowest BCUT2D eigenvalue weighted by Gasteiger charge is -2.04. The number of fused-ring (bicyclic) bond motifs is 1. The number of hydrogen-bond acceptors (Lipinski definition) is 5. The Balaban J connectivity index is 1.91. The highest BCUT2D eigenvalue weighted by molar-refractivity contribution is 5.84. The van der Waals surface area contributed by atoms with Crippen LogP contribution in [0, 0.1) is 17.0 Å². The van der Waals surface area contributed by atoms with E-state index in [1.54, 1.807) is 12.1 Å². The van der Waals surface area contributed by atoms with Crippen LogP contribution >= 0.6 is 0 Å². The summed E-state index contributed by atoms with van der Waals surface area (Å²) in [6.07, 6.45) is 1.31. The van der Waals surface area contributed by atoms with Crippen molar-refractivity contribution >= 4 is 16.7 Å². The van der Waals surface area contributed by atoms with Gasteiger partial charge in [0.15, 0.2) is 0 Å². The molecule has 0 aliphatic rings. The van der Waals surface area contributed by atoms with E-state index in [2.05, 4.69) is 14.9 Å². The van der Waals surface area contributed by atoms with Crippen molar-refractivity contribution in [1.82, 2.24) is 10.3 Å². The van der Waals surface area contributed by atoms with Gasteiger partial charge in [-0.2, -0.15) is 0 Å². The second kappa shape index (κ2) is 5.32. The van der Waals surface area contributed by atoms with Crippen molar-refractivity contribution in [2.24, 2.45) is 0 Å². The van der Waals surface area contributed by atoms with Gasteiger partial charge in [0.05, 0.1) is 4.92 Å². The summed E-state index contributed by atoms with van der Waals surface area (Å²) in [5.41, 5.74) is 3.58. The first kappa shape index (κ1) is 13.2. The normalized spacial score (nSPS) is 10.9. The molecule has 3 aromatic rings. The lowest BCUT2D eigenvalue weighted by molar-refractivity contribution is -0.384. The Morgan fingerprint density at radius 1 is 1.10 bits per heavy atom. The van der Waals surface area contributed by atoms with Gasteiger partial charge >= 0.3 is 5.69 Å². The molecule has 6 heteroatoms. The lowest BCUT2D eigenvalue weighted by Crippen LogP contribution is -1.99. The topological polar surface area (TPSA) is 82.1 Å². The van der Waals surface area contributed by atoms with Crippen LogP contribution in [-0.4, -0.2) is 15.2 Å². The molecule has 0 aliphatic heterocycles. The third-order valence-corrected chi connectivity index (χ3v) is 3.47. The monoisotopic (exact) mass is 283 g/mol. The third-order valence-electron chi connectivity index (χ3n) is 3.47. The summed E-state index contributed by atoms with van der Waals surface area (Å²) in [6, 6.07) is 11.6. The number of hydrogen-bond donors (Lipinski definition) is 0. The van der Waals surface area contributed by atoms with Crippen LogP contribution in [0.1, 0.15) is 16.7 Å². The molecule has 3 rings (SSSR count). The summed E-state index contributed by atoms with van der Waals surface area (Å²) in [5, 5.41) is 18.6. The molecule has 0 aliphatic carbocycles. The highest BCUT2D eigenvalue weighted by Gasteiger charge is 2.21. The standard InChI is InChI=1S/C15H13N3O3/c1-10-2-4-11(5-3-10)6-7-12-8-9-13-14(17-21-16-13)15(12)18(19)20/h2-5,8-9H,6-7H2,1H3. The van der Waals surface area contributed by atoms with Crippen LogP contribution in [0.4, 0.5) is 5.69 Å². The van der Waals surface area contributed by atoms with E-state index in [4.69, 9.17) is 0 Å². The molecule has 6 nitrogen and oxygen atoms in total. The molecule has 106 valence electrons. The SMILES string of the molecule is Cc1ccc(CCc2ccc3nonc3c2[N+](=O)[O-])cc1. The molecule has 0 N–H and O–H groups in total. The third kappa shape index (κ3) is 2.60. The molecule has 0 spiro atoms. The Labute approximate surface area is 120 Å². The van der Waals surface area contributed by atoms with E-state index in [0.717, 1.165) is 12.0 Å². The summed E-state index contributed by atoms with van der Waals surface area (Å²) in [6.45, 7) is 2.03. The summed E-state index contributed by atoms with van der Waals surface area (Å²) in [7, 11) is 0. The molecule has 0 unspecified atom stereocenters. The molecule has 2 aromatic carbocycles. The smallest absolute Gasteiger partial charge is 0.258 e. The molecular formula is C15H13N3O3. The van der Waals surface area contributed by atoms with Crippen molar-refractivity contribution in [1.29, 1.82) is 0 Å². The average molecular weight is 283 g/mol. The van der Waals surface area contributed by atoms with E-state index < -0.39 is 4.92 Å². The zero-order valence-electron chi connectivity index (χ0n) is 11.4. The van der Waals surface area contributed by atoms with Crippen LogP contribution < -0.4 is 0 Å². The fourth-order valence-electron chi connectivity index (χ4n) is 2.32. The summed E-state index contributed by atoms with van der Waals surface area (Å²) >= 11 is 0. The molecule has 0 amide bonds. The van der Waals surface area contributed by atoms with Crippen molar-refractivity contribution in [3.8, 4) is 0 Å². The Hall–Kier alpha value is -2.76. The number of aryl methyl sites for hydroxylation is 3. The van der Waals surface area contributed by atoms with Gasteiger partial charge in [-0.25, -0.2) is 4.63 Å². The van der Waals surface area contributed by atoms with Gasteiger partial charge in [-0.3, -0.25) is 10.1 Å². The Morgan fingerprint density at radius 3 is 2.57 bits per heavy atom. The highest BCUT2D eigenvalue weighted by Crippen LogP contribution is 2.28. The zero-order chi connectivity index (χ0) is 14.8. The van der Waals surface area contributed by atoms with Gasteiger partial charge < -0.3 is 0 Å². The van der Waals surface area contributed by atoms with Crippen molar-refractivity contribution in [3.05, 3.63) is 63.2 Å². The lowest BCUT2D eigenvalue weighted by atomic mass is 10.0.